The first kappa shape index (κ1) is 31.2. The summed E-state index contributed by atoms with van der Waals surface area (Å²) >= 11 is 6.07. The number of unbranched alkanes of at least 4 members (excludes halogenated alkanes) is 1. The molecular weight excluding hydrogens is 579 g/mol. The molecule has 0 aromatic heterocycles. The molecule has 1 unspecified atom stereocenters. The molecule has 1 fully saturated rings. The van der Waals surface area contributed by atoms with E-state index in [1.54, 1.807) is 36.4 Å². The number of hydrogen-bond acceptors (Lipinski definition) is 4. The largest absolute Gasteiger partial charge is 0.626 e. The highest BCUT2D eigenvalue weighted by atomic mass is 35.5. The predicted octanol–water partition coefficient (Wildman–Crippen LogP) is 5.45. The minimum atomic E-state index is -4.76. The molecule has 2 aliphatic rings. The SMILES string of the molecule is Cc1ccc(Cl)cc1C(=O)NC1CCN(CCCCC2(C(=O)[NH+]([O-])CC(F)(F)F)c3ccccc3-c3ccccc32)CC1. The van der Waals surface area contributed by atoms with E-state index in [1.165, 1.54) is 0 Å². The van der Waals surface area contributed by atoms with Crippen molar-refractivity contribution < 1.29 is 27.8 Å². The number of likely N-dealkylation sites (tertiary alicyclic amines) is 1. The lowest BCUT2D eigenvalue weighted by molar-refractivity contribution is -0.782. The summed E-state index contributed by atoms with van der Waals surface area (Å²) in [6.45, 7) is 2.44. The van der Waals surface area contributed by atoms with Gasteiger partial charge in [-0.3, -0.25) is 4.79 Å². The number of aryl methyl sites for hydroxylation is 1. The van der Waals surface area contributed by atoms with Crippen LogP contribution in [0.3, 0.4) is 0 Å². The first-order valence-corrected chi connectivity index (χ1v) is 15.0. The molecule has 0 saturated carbocycles. The lowest BCUT2D eigenvalue weighted by Crippen LogP contribution is -3.13. The molecule has 3 aromatic carbocycles. The number of nitrogens with one attached hydrogen (secondary N) is 2. The molecule has 1 heterocycles. The second-order valence-corrected chi connectivity index (χ2v) is 12.0. The quantitative estimate of drug-likeness (QED) is 0.249. The van der Waals surface area contributed by atoms with E-state index in [-0.39, 0.29) is 18.4 Å². The number of carbonyl (C=O) groups excluding carboxylic acids is 2. The second-order valence-electron chi connectivity index (χ2n) is 11.5. The van der Waals surface area contributed by atoms with Crippen molar-refractivity contribution in [2.45, 2.75) is 56.7 Å². The summed E-state index contributed by atoms with van der Waals surface area (Å²) in [5, 5.41) is 15.0. The van der Waals surface area contributed by atoms with Crippen molar-refractivity contribution in [3.8, 4) is 11.1 Å². The smallest absolute Gasteiger partial charge is 0.438 e. The van der Waals surface area contributed by atoms with E-state index in [4.69, 9.17) is 11.6 Å². The van der Waals surface area contributed by atoms with Crippen LogP contribution in [0.15, 0.2) is 66.7 Å². The highest BCUT2D eigenvalue weighted by Gasteiger charge is 2.53. The van der Waals surface area contributed by atoms with E-state index in [0.717, 1.165) is 49.2 Å². The Balaban J connectivity index is 1.23. The number of carbonyl (C=O) groups is 2. The highest BCUT2D eigenvalue weighted by Crippen LogP contribution is 2.51. The van der Waals surface area contributed by atoms with E-state index < -0.39 is 29.1 Å². The molecule has 5 rings (SSSR count). The number of piperidine rings is 1. The fourth-order valence-electron chi connectivity index (χ4n) is 6.58. The zero-order chi connectivity index (χ0) is 30.8. The van der Waals surface area contributed by atoms with Gasteiger partial charge in [0.15, 0.2) is 6.54 Å². The lowest BCUT2D eigenvalue weighted by atomic mass is 9.73. The summed E-state index contributed by atoms with van der Waals surface area (Å²) in [4.78, 5) is 28.8. The maximum atomic E-state index is 13.7. The third-order valence-electron chi connectivity index (χ3n) is 8.71. The Labute approximate surface area is 254 Å². The van der Waals surface area contributed by atoms with Crippen LogP contribution in [0.1, 0.15) is 59.2 Å². The van der Waals surface area contributed by atoms with E-state index in [2.05, 4.69) is 10.2 Å². The van der Waals surface area contributed by atoms with Gasteiger partial charge in [-0.15, -0.1) is 0 Å². The maximum absolute atomic E-state index is 13.7. The van der Waals surface area contributed by atoms with Gasteiger partial charge in [0.05, 0.1) is 0 Å². The fourth-order valence-corrected chi connectivity index (χ4v) is 6.75. The van der Waals surface area contributed by atoms with Crippen LogP contribution in [-0.4, -0.2) is 55.1 Å². The molecule has 6 nitrogen and oxygen atoms in total. The van der Waals surface area contributed by atoms with Crippen LogP contribution in [-0.2, 0) is 10.2 Å². The molecule has 2 N–H and O–H groups in total. The van der Waals surface area contributed by atoms with Crippen molar-refractivity contribution in [1.29, 1.82) is 0 Å². The zero-order valence-corrected chi connectivity index (χ0v) is 24.7. The molecule has 0 spiro atoms. The van der Waals surface area contributed by atoms with E-state index in [0.29, 0.717) is 34.6 Å². The van der Waals surface area contributed by atoms with E-state index in [9.17, 15) is 28.0 Å². The Bertz CT molecular complexity index is 1440. The average Bonchev–Trinajstić information content (AvgIpc) is 3.26. The van der Waals surface area contributed by atoms with E-state index in [1.807, 2.05) is 37.3 Å². The van der Waals surface area contributed by atoms with Gasteiger partial charge in [0.1, 0.15) is 5.41 Å². The van der Waals surface area contributed by atoms with Crippen molar-refractivity contribution in [1.82, 2.24) is 10.2 Å². The molecule has 1 aliphatic carbocycles. The standard InChI is InChI=1S/C33H35ClF3N3O3/c1-22-12-13-23(34)20-27(22)30(41)38-24-14-18-39(19-15-24)17-7-6-16-32(31(42)40(43)21-33(35,36)37)28-10-4-2-8-25(28)26-9-3-5-11-29(26)32/h2-5,8-13,20,24,40H,6-7,14-19,21H2,1H3,(H,38,41). The molecule has 0 bridgehead atoms. The van der Waals surface area contributed by atoms with Crippen molar-refractivity contribution in [2.75, 3.05) is 26.2 Å². The molecule has 43 heavy (non-hydrogen) atoms. The summed E-state index contributed by atoms with van der Waals surface area (Å²) in [7, 11) is 0. The zero-order valence-electron chi connectivity index (χ0n) is 24.0. The maximum Gasteiger partial charge on any atom is 0.438 e. The number of hydroxylamine groups is 2. The molecular formula is C33H35ClF3N3O3. The first-order valence-electron chi connectivity index (χ1n) is 14.6. The van der Waals surface area contributed by atoms with Gasteiger partial charge in [-0.2, -0.15) is 13.2 Å². The third-order valence-corrected chi connectivity index (χ3v) is 8.94. The average molecular weight is 614 g/mol. The third kappa shape index (κ3) is 6.65. The number of nitrogens with zero attached hydrogens (tertiary/aromatic N) is 1. The van der Waals surface area contributed by atoms with Gasteiger partial charge >= 0.3 is 12.1 Å². The Morgan fingerprint density at radius 3 is 2.21 bits per heavy atom. The predicted molar refractivity (Wildman–Crippen MR) is 160 cm³/mol. The molecule has 2 amide bonds. The summed E-state index contributed by atoms with van der Waals surface area (Å²) in [6.07, 6.45) is -1.66. The van der Waals surface area contributed by atoms with Crippen molar-refractivity contribution in [2.24, 2.45) is 0 Å². The topological polar surface area (TPSA) is 76.9 Å². The summed E-state index contributed by atoms with van der Waals surface area (Å²) < 4.78 is 39.6. The number of quaternary nitrogens is 1. The van der Waals surface area contributed by atoms with E-state index >= 15 is 0 Å². The lowest BCUT2D eigenvalue weighted by Gasteiger charge is -2.35. The number of alkyl halides is 3. The van der Waals surface area contributed by atoms with Crippen LogP contribution in [0.2, 0.25) is 5.02 Å². The Hall–Kier alpha value is -3.24. The van der Waals surface area contributed by atoms with Gasteiger partial charge in [0, 0.05) is 29.7 Å². The van der Waals surface area contributed by atoms with Crippen molar-refractivity contribution in [3.63, 3.8) is 0 Å². The number of amides is 2. The van der Waals surface area contributed by atoms with Crippen molar-refractivity contribution in [3.05, 3.63) is 99.2 Å². The Morgan fingerprint density at radius 2 is 1.60 bits per heavy atom. The van der Waals surface area contributed by atoms with Crippen LogP contribution in [0.25, 0.3) is 11.1 Å². The molecule has 3 aromatic rings. The van der Waals surface area contributed by atoms with Crippen LogP contribution >= 0.6 is 11.6 Å². The normalized spacial score (nSPS) is 17.3. The molecule has 10 heteroatoms. The van der Waals surface area contributed by atoms with Gasteiger partial charge in [-0.25, -0.2) is 4.79 Å². The molecule has 228 valence electrons. The monoisotopic (exact) mass is 613 g/mol. The second kappa shape index (κ2) is 12.8. The van der Waals surface area contributed by atoms with Crippen LogP contribution in [0.4, 0.5) is 13.2 Å². The number of benzene rings is 3. The van der Waals surface area contributed by atoms with Gasteiger partial charge in [0.25, 0.3) is 5.91 Å². The highest BCUT2D eigenvalue weighted by molar-refractivity contribution is 6.31. The van der Waals surface area contributed by atoms with Gasteiger partial charge in [-0.05, 0) is 79.1 Å². The minimum Gasteiger partial charge on any atom is -0.626 e. The molecule has 0 radical (unpaired) electrons. The Kier molecular flexibility index (Phi) is 9.27. The van der Waals surface area contributed by atoms with Gasteiger partial charge in [-0.1, -0.05) is 72.6 Å². The number of hydrogen-bond donors (Lipinski definition) is 2. The Morgan fingerprint density at radius 1 is 1.00 bits per heavy atom. The van der Waals surface area contributed by atoms with Crippen LogP contribution in [0, 0.1) is 12.1 Å². The van der Waals surface area contributed by atoms with Crippen molar-refractivity contribution >= 4 is 23.4 Å². The van der Waals surface area contributed by atoms with Gasteiger partial charge in [0.2, 0.25) is 0 Å². The molecule has 1 saturated heterocycles. The van der Waals surface area contributed by atoms with Crippen LogP contribution in [0.5, 0.6) is 0 Å². The minimum absolute atomic E-state index is 0.0501. The first-order chi connectivity index (χ1) is 20.5. The summed E-state index contributed by atoms with van der Waals surface area (Å²) in [5.41, 5.74) is 2.76. The summed E-state index contributed by atoms with van der Waals surface area (Å²) in [5.74, 6) is -1.13. The molecule has 1 aliphatic heterocycles. The van der Waals surface area contributed by atoms with Crippen LogP contribution < -0.4 is 10.4 Å². The number of fused-ring (bicyclic) bond motifs is 3. The fraction of sp³-hybridized carbons (Fsp3) is 0.394. The molecule has 1 atom stereocenters. The number of halogens is 4. The summed E-state index contributed by atoms with van der Waals surface area (Å²) in [6, 6.07) is 19.7. The van der Waals surface area contributed by atoms with Gasteiger partial charge < -0.3 is 20.5 Å². The number of rotatable bonds is 9.